The highest BCUT2D eigenvalue weighted by Crippen LogP contribution is 2.32. The van der Waals surface area contributed by atoms with Gasteiger partial charge in [0.15, 0.2) is 0 Å². The number of nitrogens with two attached hydrogens (primary N) is 1. The fourth-order valence-corrected chi connectivity index (χ4v) is 2.30. The summed E-state index contributed by atoms with van der Waals surface area (Å²) in [5, 5.41) is 0. The van der Waals surface area contributed by atoms with Crippen molar-refractivity contribution < 1.29 is 4.74 Å². The van der Waals surface area contributed by atoms with Crippen molar-refractivity contribution in [2.45, 2.75) is 18.4 Å². The topological polar surface area (TPSA) is 66.0 Å². The maximum absolute atomic E-state index is 6.01. The Balaban J connectivity index is 1.58. The van der Waals surface area contributed by atoms with E-state index in [1.807, 2.05) is 41.1 Å². The van der Waals surface area contributed by atoms with Gasteiger partial charge in [0.05, 0.1) is 22.8 Å². The molecule has 0 aromatic carbocycles. The number of nitrogens with zero attached hydrogens (tertiary/aromatic N) is 3. The van der Waals surface area contributed by atoms with Crippen molar-refractivity contribution in [3.63, 3.8) is 0 Å². The Morgan fingerprint density at radius 3 is 2.86 bits per heavy atom. The molecule has 5 nitrogen and oxygen atoms in total. The molecule has 0 radical (unpaired) electrons. The molecule has 3 heterocycles. The predicted molar refractivity (Wildman–Crippen MR) is 80.5 cm³/mol. The molecule has 5 heteroatoms. The summed E-state index contributed by atoms with van der Waals surface area (Å²) in [7, 11) is 0. The van der Waals surface area contributed by atoms with Gasteiger partial charge in [-0.05, 0) is 43.2 Å². The number of hydrogen-bond acceptors (Lipinski definition) is 4. The second kappa shape index (κ2) is 4.56. The van der Waals surface area contributed by atoms with Crippen molar-refractivity contribution >= 4 is 11.0 Å². The van der Waals surface area contributed by atoms with Gasteiger partial charge in [-0.15, -0.1) is 0 Å². The molecule has 21 heavy (non-hydrogen) atoms. The SMILES string of the molecule is NC1(COc2ccc(-n3ccc4ncccc43)nc2)CC1. The van der Waals surface area contributed by atoms with Crippen LogP contribution in [0.4, 0.5) is 0 Å². The minimum Gasteiger partial charge on any atom is -0.490 e. The van der Waals surface area contributed by atoms with Gasteiger partial charge in [-0.2, -0.15) is 0 Å². The normalized spacial score (nSPS) is 16.0. The van der Waals surface area contributed by atoms with Crippen LogP contribution in [0.3, 0.4) is 0 Å². The van der Waals surface area contributed by atoms with E-state index in [9.17, 15) is 0 Å². The minimum absolute atomic E-state index is 0.110. The molecule has 0 spiro atoms. The third-order valence-electron chi connectivity index (χ3n) is 3.84. The number of aromatic nitrogens is 3. The fraction of sp³-hybridized carbons (Fsp3) is 0.250. The Bertz CT molecular complexity index is 774. The molecule has 3 aromatic heterocycles. The van der Waals surface area contributed by atoms with Crippen molar-refractivity contribution in [1.29, 1.82) is 0 Å². The average molecular weight is 280 g/mol. The Hall–Kier alpha value is -2.40. The van der Waals surface area contributed by atoms with Crippen molar-refractivity contribution in [2.75, 3.05) is 6.61 Å². The van der Waals surface area contributed by atoms with Crippen LogP contribution in [0.25, 0.3) is 16.9 Å². The largest absolute Gasteiger partial charge is 0.490 e. The summed E-state index contributed by atoms with van der Waals surface area (Å²) in [4.78, 5) is 8.78. The van der Waals surface area contributed by atoms with Crippen LogP contribution in [0.15, 0.2) is 48.9 Å². The molecule has 0 aliphatic heterocycles. The van der Waals surface area contributed by atoms with Crippen LogP contribution in [0, 0.1) is 0 Å². The third-order valence-corrected chi connectivity index (χ3v) is 3.84. The van der Waals surface area contributed by atoms with E-state index in [-0.39, 0.29) is 5.54 Å². The molecular formula is C16H16N4O. The van der Waals surface area contributed by atoms with Gasteiger partial charge in [-0.25, -0.2) is 4.98 Å². The third kappa shape index (κ3) is 2.36. The lowest BCUT2D eigenvalue weighted by atomic mass is 10.3. The molecule has 0 saturated heterocycles. The summed E-state index contributed by atoms with van der Waals surface area (Å²) in [5.41, 5.74) is 7.89. The molecule has 0 unspecified atom stereocenters. The molecule has 0 amide bonds. The molecule has 1 saturated carbocycles. The Labute approximate surface area is 122 Å². The van der Waals surface area contributed by atoms with Crippen LogP contribution < -0.4 is 10.5 Å². The summed E-state index contributed by atoms with van der Waals surface area (Å²) < 4.78 is 7.69. The first-order chi connectivity index (χ1) is 10.2. The molecule has 106 valence electrons. The van der Waals surface area contributed by atoms with Gasteiger partial charge in [0.25, 0.3) is 0 Å². The van der Waals surface area contributed by atoms with Gasteiger partial charge < -0.3 is 10.5 Å². The molecule has 2 N–H and O–H groups in total. The van der Waals surface area contributed by atoms with E-state index in [2.05, 4.69) is 9.97 Å². The van der Waals surface area contributed by atoms with E-state index < -0.39 is 0 Å². The summed E-state index contributed by atoms with van der Waals surface area (Å²) in [6, 6.07) is 9.80. The van der Waals surface area contributed by atoms with Crippen molar-refractivity contribution in [3.8, 4) is 11.6 Å². The molecular weight excluding hydrogens is 264 g/mol. The van der Waals surface area contributed by atoms with E-state index in [1.165, 1.54) is 0 Å². The highest BCUT2D eigenvalue weighted by molar-refractivity contribution is 5.77. The van der Waals surface area contributed by atoms with Gasteiger partial charge >= 0.3 is 0 Å². The quantitative estimate of drug-likeness (QED) is 0.796. The standard InChI is InChI=1S/C16H16N4O/c17-16(6-7-16)11-21-12-3-4-15(19-10-12)20-9-5-13-14(20)2-1-8-18-13/h1-5,8-10H,6-7,11,17H2. The van der Waals surface area contributed by atoms with Crippen molar-refractivity contribution in [3.05, 3.63) is 48.9 Å². The summed E-state index contributed by atoms with van der Waals surface area (Å²) >= 11 is 0. The van der Waals surface area contributed by atoms with Crippen molar-refractivity contribution in [1.82, 2.24) is 14.5 Å². The molecule has 1 fully saturated rings. The monoisotopic (exact) mass is 280 g/mol. The Morgan fingerprint density at radius 1 is 1.19 bits per heavy atom. The smallest absolute Gasteiger partial charge is 0.137 e. The molecule has 0 atom stereocenters. The first kappa shape index (κ1) is 12.3. The first-order valence-corrected chi connectivity index (χ1v) is 7.04. The Morgan fingerprint density at radius 2 is 2.10 bits per heavy atom. The van der Waals surface area contributed by atoms with Crippen LogP contribution in [0.1, 0.15) is 12.8 Å². The lowest BCUT2D eigenvalue weighted by Crippen LogP contribution is -2.29. The predicted octanol–water partition coefficient (Wildman–Crippen LogP) is 2.29. The van der Waals surface area contributed by atoms with Crippen LogP contribution in [0.5, 0.6) is 5.75 Å². The van der Waals surface area contributed by atoms with Gasteiger partial charge in [-0.1, -0.05) is 0 Å². The molecule has 0 bridgehead atoms. The molecule has 1 aliphatic rings. The van der Waals surface area contributed by atoms with Crippen LogP contribution in [-0.2, 0) is 0 Å². The van der Waals surface area contributed by atoms with Gasteiger partial charge in [0, 0.05) is 12.4 Å². The van der Waals surface area contributed by atoms with Gasteiger partial charge in [-0.3, -0.25) is 9.55 Å². The minimum atomic E-state index is -0.110. The number of pyridine rings is 2. The highest BCUT2D eigenvalue weighted by Gasteiger charge is 2.39. The summed E-state index contributed by atoms with van der Waals surface area (Å²) in [6.07, 6.45) is 7.59. The van der Waals surface area contributed by atoms with Crippen LogP contribution >= 0.6 is 0 Å². The average Bonchev–Trinajstić information content (AvgIpc) is 3.11. The van der Waals surface area contributed by atoms with Gasteiger partial charge in [0.2, 0.25) is 0 Å². The van der Waals surface area contributed by atoms with E-state index in [0.29, 0.717) is 6.61 Å². The number of hydrogen-bond donors (Lipinski definition) is 1. The van der Waals surface area contributed by atoms with E-state index in [4.69, 9.17) is 10.5 Å². The van der Waals surface area contributed by atoms with E-state index in [1.54, 1.807) is 12.4 Å². The molecule has 4 rings (SSSR count). The lowest BCUT2D eigenvalue weighted by molar-refractivity contribution is 0.278. The number of ether oxygens (including phenoxy) is 1. The van der Waals surface area contributed by atoms with Crippen LogP contribution in [-0.4, -0.2) is 26.7 Å². The fourth-order valence-electron chi connectivity index (χ4n) is 2.30. The lowest BCUT2D eigenvalue weighted by Gasteiger charge is -2.11. The summed E-state index contributed by atoms with van der Waals surface area (Å²) in [5.74, 6) is 1.60. The summed E-state index contributed by atoms with van der Waals surface area (Å²) in [6.45, 7) is 0.560. The second-order valence-corrected chi connectivity index (χ2v) is 5.60. The van der Waals surface area contributed by atoms with Crippen LogP contribution in [0.2, 0.25) is 0 Å². The first-order valence-electron chi connectivity index (χ1n) is 7.04. The molecule has 3 aromatic rings. The maximum Gasteiger partial charge on any atom is 0.137 e. The Kier molecular flexibility index (Phi) is 2.68. The molecule has 1 aliphatic carbocycles. The highest BCUT2D eigenvalue weighted by atomic mass is 16.5. The van der Waals surface area contributed by atoms with E-state index >= 15 is 0 Å². The number of fused-ring (bicyclic) bond motifs is 1. The maximum atomic E-state index is 6.01. The number of rotatable bonds is 4. The van der Waals surface area contributed by atoms with Gasteiger partial charge in [0.1, 0.15) is 18.2 Å². The zero-order valence-corrected chi connectivity index (χ0v) is 11.6. The second-order valence-electron chi connectivity index (χ2n) is 5.60. The zero-order valence-electron chi connectivity index (χ0n) is 11.6. The zero-order chi connectivity index (χ0) is 14.3. The van der Waals surface area contributed by atoms with E-state index in [0.717, 1.165) is 35.4 Å². The van der Waals surface area contributed by atoms with Crippen molar-refractivity contribution in [2.24, 2.45) is 5.73 Å².